The van der Waals surface area contributed by atoms with E-state index >= 15 is 0 Å². The van der Waals surface area contributed by atoms with Crippen LogP contribution in [0.4, 0.5) is 0 Å². The topological polar surface area (TPSA) is 65.1 Å². The minimum atomic E-state index is -0.795. The smallest absolute Gasteiger partial charge is 0.399 e. The molecule has 0 aromatic heterocycles. The normalized spacial score (nSPS) is 23.0. The summed E-state index contributed by atoms with van der Waals surface area (Å²) in [5, 5.41) is 0. The number of benzene rings is 1. The zero-order valence-electron chi connectivity index (χ0n) is 12.9. The third kappa shape index (κ3) is 2.19. The van der Waals surface area contributed by atoms with Crippen LogP contribution in [0.2, 0.25) is 0 Å². The van der Waals surface area contributed by atoms with Gasteiger partial charge in [0.2, 0.25) is 6.23 Å². The number of fused-ring (bicyclic) bond motifs is 3. The molecule has 118 valence electrons. The van der Waals surface area contributed by atoms with Crippen molar-refractivity contribution in [2.75, 3.05) is 13.2 Å². The van der Waals surface area contributed by atoms with Gasteiger partial charge in [-0.25, -0.2) is 4.79 Å². The second-order valence-electron chi connectivity index (χ2n) is 5.39. The van der Waals surface area contributed by atoms with Gasteiger partial charge in [-0.05, 0) is 44.9 Å². The number of hydrogen-bond acceptors (Lipinski definition) is 5. The van der Waals surface area contributed by atoms with Gasteiger partial charge in [0.05, 0.1) is 13.2 Å². The average molecular weight is 305 g/mol. The lowest BCUT2D eigenvalue weighted by molar-refractivity contribution is -0.149. The van der Waals surface area contributed by atoms with Crippen LogP contribution in [-0.4, -0.2) is 36.0 Å². The van der Waals surface area contributed by atoms with E-state index in [1.54, 1.807) is 0 Å². The largest absolute Gasteiger partial charge is 0.490 e. The second-order valence-corrected chi connectivity index (χ2v) is 5.39. The maximum absolute atomic E-state index is 11.9. The van der Waals surface area contributed by atoms with Crippen LogP contribution in [-0.2, 0) is 20.7 Å². The maximum Gasteiger partial charge on any atom is 0.399 e. The first-order valence-corrected chi connectivity index (χ1v) is 7.52. The fourth-order valence-corrected chi connectivity index (χ4v) is 3.04. The maximum atomic E-state index is 11.9. The van der Waals surface area contributed by atoms with Gasteiger partial charge in [0.25, 0.3) is 0 Å². The highest BCUT2D eigenvalue weighted by atomic mass is 16.6. The Hall–Kier alpha value is -2.24. The van der Waals surface area contributed by atoms with Crippen molar-refractivity contribution in [1.82, 2.24) is 4.90 Å². The molecule has 2 aliphatic heterocycles. The van der Waals surface area contributed by atoms with Crippen molar-refractivity contribution in [1.29, 1.82) is 0 Å². The number of carbonyl (C=O) groups excluding carboxylic acids is 2. The Labute approximate surface area is 128 Å². The molecular weight excluding hydrogens is 286 g/mol. The molecular formula is C16H19NO5. The van der Waals surface area contributed by atoms with Crippen LogP contribution in [0.5, 0.6) is 11.5 Å². The molecule has 0 radical (unpaired) electrons. The minimum Gasteiger partial charge on any atom is -0.490 e. The Bertz CT molecular complexity index is 627. The van der Waals surface area contributed by atoms with Gasteiger partial charge in [0.1, 0.15) is 0 Å². The lowest BCUT2D eigenvalue weighted by Gasteiger charge is -2.35. The zero-order valence-corrected chi connectivity index (χ0v) is 12.9. The van der Waals surface area contributed by atoms with E-state index < -0.39 is 18.1 Å². The van der Waals surface area contributed by atoms with Crippen LogP contribution < -0.4 is 9.47 Å². The molecule has 1 fully saturated rings. The fourth-order valence-electron chi connectivity index (χ4n) is 3.04. The van der Waals surface area contributed by atoms with Gasteiger partial charge >= 0.3 is 11.9 Å². The molecule has 0 bridgehead atoms. The van der Waals surface area contributed by atoms with Crippen molar-refractivity contribution >= 4 is 11.9 Å². The fraction of sp³-hybridized carbons (Fsp3) is 0.500. The Kier molecular flexibility index (Phi) is 3.68. The van der Waals surface area contributed by atoms with E-state index in [4.69, 9.17) is 14.2 Å². The lowest BCUT2D eigenvalue weighted by atomic mass is 9.93. The molecule has 6 heteroatoms. The Morgan fingerprint density at radius 1 is 1.18 bits per heavy atom. The number of esters is 1. The van der Waals surface area contributed by atoms with E-state index in [-0.39, 0.29) is 6.04 Å². The quantitative estimate of drug-likeness (QED) is 0.627. The van der Waals surface area contributed by atoms with Gasteiger partial charge in [-0.2, -0.15) is 0 Å². The third-order valence-electron chi connectivity index (χ3n) is 3.94. The van der Waals surface area contributed by atoms with Crippen molar-refractivity contribution in [2.24, 2.45) is 0 Å². The van der Waals surface area contributed by atoms with Crippen molar-refractivity contribution < 1.29 is 23.8 Å². The number of carbonyl (C=O) groups is 2. The summed E-state index contributed by atoms with van der Waals surface area (Å²) in [6.45, 7) is 6.76. The predicted molar refractivity (Wildman–Crippen MR) is 77.6 cm³/mol. The summed E-state index contributed by atoms with van der Waals surface area (Å²) >= 11 is 0. The molecule has 0 spiro atoms. The first-order chi connectivity index (χ1) is 10.6. The van der Waals surface area contributed by atoms with Crippen molar-refractivity contribution in [3.8, 4) is 11.5 Å². The molecule has 1 saturated heterocycles. The number of amides is 1. The summed E-state index contributed by atoms with van der Waals surface area (Å²) in [6, 6.07) is 3.65. The van der Waals surface area contributed by atoms with E-state index in [2.05, 4.69) is 0 Å². The van der Waals surface area contributed by atoms with Crippen molar-refractivity contribution in [3.05, 3.63) is 23.3 Å². The molecule has 1 amide bonds. The van der Waals surface area contributed by atoms with E-state index in [0.717, 1.165) is 11.1 Å². The van der Waals surface area contributed by atoms with Crippen LogP contribution in [0.1, 0.15) is 38.1 Å². The van der Waals surface area contributed by atoms with Crippen molar-refractivity contribution in [2.45, 2.75) is 39.5 Å². The molecule has 22 heavy (non-hydrogen) atoms. The van der Waals surface area contributed by atoms with Gasteiger partial charge in [0.15, 0.2) is 11.5 Å². The van der Waals surface area contributed by atoms with Gasteiger partial charge < -0.3 is 14.2 Å². The molecule has 0 aliphatic carbocycles. The van der Waals surface area contributed by atoms with Crippen LogP contribution in [0, 0.1) is 0 Å². The number of nitrogens with zero attached hydrogens (tertiary/aromatic N) is 1. The minimum absolute atomic E-state index is 0.0936. The summed E-state index contributed by atoms with van der Waals surface area (Å²) in [7, 11) is 0. The third-order valence-corrected chi connectivity index (χ3v) is 3.94. The van der Waals surface area contributed by atoms with E-state index in [1.165, 1.54) is 4.90 Å². The van der Waals surface area contributed by atoms with Crippen LogP contribution in [0.3, 0.4) is 0 Å². The molecule has 0 unspecified atom stereocenters. The van der Waals surface area contributed by atoms with Gasteiger partial charge in [0, 0.05) is 11.6 Å². The average Bonchev–Trinajstić information content (AvgIpc) is 2.78. The van der Waals surface area contributed by atoms with Gasteiger partial charge in [-0.15, -0.1) is 0 Å². The number of hydrogen-bond donors (Lipinski definition) is 0. The van der Waals surface area contributed by atoms with Crippen LogP contribution in [0.15, 0.2) is 12.1 Å². The van der Waals surface area contributed by atoms with Crippen LogP contribution in [0.25, 0.3) is 0 Å². The molecule has 1 aromatic rings. The van der Waals surface area contributed by atoms with E-state index in [1.807, 2.05) is 32.9 Å². The lowest BCUT2D eigenvalue weighted by Crippen LogP contribution is -2.42. The molecule has 3 rings (SSSR count). The predicted octanol–water partition coefficient (Wildman–Crippen LogP) is 1.81. The number of ether oxygens (including phenoxy) is 3. The molecule has 2 heterocycles. The summed E-state index contributed by atoms with van der Waals surface area (Å²) in [6.07, 6.45) is -0.00521. The first kappa shape index (κ1) is 14.7. The summed E-state index contributed by atoms with van der Waals surface area (Å²) in [4.78, 5) is 25.0. The van der Waals surface area contributed by atoms with Gasteiger partial charge in [-0.3, -0.25) is 9.69 Å². The Morgan fingerprint density at radius 3 is 2.45 bits per heavy atom. The molecule has 2 aliphatic rings. The SMILES string of the molecule is CCOc1cc2c(cc1OCC)[C@H]1OC(=O)C(=O)N1[C@@H](C)C2. The van der Waals surface area contributed by atoms with E-state index in [9.17, 15) is 9.59 Å². The summed E-state index contributed by atoms with van der Waals surface area (Å²) in [5.74, 6) is -0.0843. The Balaban J connectivity index is 2.07. The Morgan fingerprint density at radius 2 is 1.82 bits per heavy atom. The highest BCUT2D eigenvalue weighted by Crippen LogP contribution is 2.42. The highest BCUT2D eigenvalue weighted by Gasteiger charge is 2.47. The molecule has 0 N–H and O–H groups in total. The highest BCUT2D eigenvalue weighted by molar-refractivity contribution is 6.34. The number of rotatable bonds is 4. The molecule has 6 nitrogen and oxygen atoms in total. The van der Waals surface area contributed by atoms with Gasteiger partial charge in [-0.1, -0.05) is 0 Å². The monoisotopic (exact) mass is 305 g/mol. The van der Waals surface area contributed by atoms with E-state index in [0.29, 0.717) is 31.1 Å². The zero-order chi connectivity index (χ0) is 15.9. The first-order valence-electron chi connectivity index (χ1n) is 7.52. The van der Waals surface area contributed by atoms with Crippen molar-refractivity contribution in [3.63, 3.8) is 0 Å². The summed E-state index contributed by atoms with van der Waals surface area (Å²) < 4.78 is 16.5. The molecule has 1 aromatic carbocycles. The standard InChI is InChI=1S/C16H19NO5/c1-4-20-12-7-10-6-9(3)17-14(18)16(19)22-15(17)11(10)8-13(12)21-5-2/h7-9,15H,4-6H2,1-3H3/t9-,15+/m0/s1. The molecule has 0 saturated carbocycles. The second kappa shape index (κ2) is 5.51. The van der Waals surface area contributed by atoms with Crippen LogP contribution >= 0.6 is 0 Å². The molecule has 2 atom stereocenters. The summed E-state index contributed by atoms with van der Waals surface area (Å²) in [5.41, 5.74) is 1.81.